The first kappa shape index (κ1) is 13.1. The molecule has 1 rings (SSSR count). The largest absolute Gasteiger partial charge is 0.707 e. The molecule has 0 bridgehead atoms. The van der Waals surface area contributed by atoms with Crippen molar-refractivity contribution in [1.82, 2.24) is 0 Å². The van der Waals surface area contributed by atoms with Gasteiger partial charge in [-0.3, -0.25) is 0 Å². The molecule has 0 atom stereocenters. The number of rotatable bonds is 3. The Labute approximate surface area is 97.3 Å². The average molecular weight is 222 g/mol. The second-order valence-corrected chi connectivity index (χ2v) is 5.24. The SMILES string of the molecule is Cc1cccc(CC(C)(C)C)c1OB(O)O. The Bertz CT molecular complexity index is 356. The Hall–Kier alpha value is -0.995. The standard InChI is InChI=1S/C12H19BO3/c1-9-6-5-7-10(8-12(2,3)4)11(9)16-13(14)15/h5-7,14-15H,8H2,1-4H3. The zero-order chi connectivity index (χ0) is 12.3. The molecule has 0 aliphatic heterocycles. The van der Waals surface area contributed by atoms with Crippen molar-refractivity contribution in [3.8, 4) is 5.75 Å². The van der Waals surface area contributed by atoms with E-state index in [0.717, 1.165) is 17.5 Å². The number of para-hydroxylation sites is 1. The predicted octanol–water partition coefficient (Wildman–Crippen LogP) is 1.93. The van der Waals surface area contributed by atoms with Crippen molar-refractivity contribution in [2.75, 3.05) is 0 Å². The van der Waals surface area contributed by atoms with Gasteiger partial charge in [-0.2, -0.15) is 0 Å². The maximum Gasteiger partial charge on any atom is 0.707 e. The van der Waals surface area contributed by atoms with E-state index in [4.69, 9.17) is 14.7 Å². The molecule has 16 heavy (non-hydrogen) atoms. The summed E-state index contributed by atoms with van der Waals surface area (Å²) in [4.78, 5) is 0. The van der Waals surface area contributed by atoms with E-state index in [-0.39, 0.29) is 5.41 Å². The Balaban J connectivity index is 3.03. The van der Waals surface area contributed by atoms with Crippen molar-refractivity contribution in [2.45, 2.75) is 34.1 Å². The van der Waals surface area contributed by atoms with Gasteiger partial charge in [0.1, 0.15) is 5.75 Å². The number of benzene rings is 1. The normalized spacial score (nSPS) is 11.4. The molecule has 0 heterocycles. The summed E-state index contributed by atoms with van der Waals surface area (Å²) in [6.07, 6.45) is 0.830. The van der Waals surface area contributed by atoms with Crippen LogP contribution >= 0.6 is 0 Å². The van der Waals surface area contributed by atoms with E-state index in [0.29, 0.717) is 5.75 Å². The van der Waals surface area contributed by atoms with Gasteiger partial charge in [-0.15, -0.1) is 0 Å². The first-order valence-electron chi connectivity index (χ1n) is 5.41. The van der Waals surface area contributed by atoms with Crippen molar-refractivity contribution in [3.63, 3.8) is 0 Å². The summed E-state index contributed by atoms with van der Waals surface area (Å²) in [5.74, 6) is 0.576. The minimum Gasteiger partial charge on any atom is -0.512 e. The van der Waals surface area contributed by atoms with Crippen molar-refractivity contribution in [1.29, 1.82) is 0 Å². The van der Waals surface area contributed by atoms with Gasteiger partial charge in [-0.25, -0.2) is 0 Å². The molecule has 0 radical (unpaired) electrons. The number of hydrogen-bond donors (Lipinski definition) is 2. The fourth-order valence-corrected chi connectivity index (χ4v) is 1.70. The van der Waals surface area contributed by atoms with E-state index < -0.39 is 7.32 Å². The van der Waals surface area contributed by atoms with Gasteiger partial charge < -0.3 is 14.7 Å². The molecule has 0 saturated carbocycles. The van der Waals surface area contributed by atoms with Gasteiger partial charge >= 0.3 is 7.32 Å². The molecule has 0 aliphatic carbocycles. The van der Waals surface area contributed by atoms with Gasteiger partial charge in [0, 0.05) is 0 Å². The zero-order valence-electron chi connectivity index (χ0n) is 10.3. The van der Waals surface area contributed by atoms with Crippen LogP contribution in [0.5, 0.6) is 5.75 Å². The quantitative estimate of drug-likeness (QED) is 0.768. The average Bonchev–Trinajstić information content (AvgIpc) is 2.08. The van der Waals surface area contributed by atoms with Crippen molar-refractivity contribution < 1.29 is 14.7 Å². The molecular formula is C12H19BO3. The van der Waals surface area contributed by atoms with Crippen molar-refractivity contribution >= 4 is 7.32 Å². The molecule has 4 heteroatoms. The Morgan fingerprint density at radius 1 is 1.25 bits per heavy atom. The molecule has 2 N–H and O–H groups in total. The fourth-order valence-electron chi connectivity index (χ4n) is 1.70. The molecule has 0 unspecified atom stereocenters. The maximum absolute atomic E-state index is 8.89. The second kappa shape index (κ2) is 4.89. The highest BCUT2D eigenvalue weighted by atomic mass is 16.6. The lowest BCUT2D eigenvalue weighted by Gasteiger charge is -2.21. The third-order valence-corrected chi connectivity index (χ3v) is 2.24. The highest BCUT2D eigenvalue weighted by Crippen LogP contribution is 2.30. The van der Waals surface area contributed by atoms with Crippen LogP contribution in [0.15, 0.2) is 18.2 Å². The molecule has 3 nitrogen and oxygen atoms in total. The maximum atomic E-state index is 8.89. The lowest BCUT2D eigenvalue weighted by molar-refractivity contribution is 0.284. The molecular weight excluding hydrogens is 203 g/mol. The molecule has 88 valence electrons. The van der Waals surface area contributed by atoms with Gasteiger partial charge in [0.05, 0.1) is 0 Å². The first-order valence-corrected chi connectivity index (χ1v) is 5.41. The lowest BCUT2D eigenvalue weighted by Crippen LogP contribution is -2.22. The Kier molecular flexibility index (Phi) is 4.00. The molecule has 0 saturated heterocycles. The lowest BCUT2D eigenvalue weighted by atomic mass is 9.87. The summed E-state index contributed by atoms with van der Waals surface area (Å²) in [6.45, 7) is 8.29. The van der Waals surface area contributed by atoms with Gasteiger partial charge in [0.15, 0.2) is 0 Å². The molecule has 0 amide bonds. The van der Waals surface area contributed by atoms with E-state index >= 15 is 0 Å². The van der Waals surface area contributed by atoms with Crippen LogP contribution in [0.2, 0.25) is 0 Å². The van der Waals surface area contributed by atoms with Crippen LogP contribution in [0.1, 0.15) is 31.9 Å². The smallest absolute Gasteiger partial charge is 0.512 e. The minimum atomic E-state index is -1.76. The van der Waals surface area contributed by atoms with Gasteiger partial charge in [-0.1, -0.05) is 39.0 Å². The Morgan fingerprint density at radius 2 is 1.88 bits per heavy atom. The number of hydrogen-bond acceptors (Lipinski definition) is 3. The fraction of sp³-hybridized carbons (Fsp3) is 0.500. The van der Waals surface area contributed by atoms with Crippen molar-refractivity contribution in [2.24, 2.45) is 5.41 Å². The van der Waals surface area contributed by atoms with Crippen LogP contribution in [0.4, 0.5) is 0 Å². The second-order valence-electron chi connectivity index (χ2n) is 5.24. The summed E-state index contributed by atoms with van der Waals surface area (Å²) in [7, 11) is -1.76. The third kappa shape index (κ3) is 3.87. The number of aryl methyl sites for hydroxylation is 1. The molecule has 1 aromatic rings. The van der Waals surface area contributed by atoms with Crippen LogP contribution in [0, 0.1) is 12.3 Å². The summed E-state index contributed by atoms with van der Waals surface area (Å²) in [6, 6.07) is 5.80. The monoisotopic (exact) mass is 222 g/mol. The van der Waals surface area contributed by atoms with Crippen LogP contribution in [0.25, 0.3) is 0 Å². The summed E-state index contributed by atoms with van der Waals surface area (Å²) in [5, 5.41) is 17.8. The van der Waals surface area contributed by atoms with Crippen molar-refractivity contribution in [3.05, 3.63) is 29.3 Å². The van der Waals surface area contributed by atoms with E-state index in [1.807, 2.05) is 25.1 Å². The molecule has 0 aliphatic rings. The topological polar surface area (TPSA) is 49.7 Å². The third-order valence-electron chi connectivity index (χ3n) is 2.24. The van der Waals surface area contributed by atoms with E-state index in [2.05, 4.69) is 20.8 Å². The van der Waals surface area contributed by atoms with Gasteiger partial charge in [-0.05, 0) is 29.9 Å². The van der Waals surface area contributed by atoms with E-state index in [1.54, 1.807) is 0 Å². The molecule has 0 spiro atoms. The first-order chi connectivity index (χ1) is 7.29. The van der Waals surface area contributed by atoms with Gasteiger partial charge in [0.2, 0.25) is 0 Å². The van der Waals surface area contributed by atoms with Crippen LogP contribution in [-0.4, -0.2) is 17.4 Å². The Morgan fingerprint density at radius 3 is 2.38 bits per heavy atom. The van der Waals surface area contributed by atoms with Gasteiger partial charge in [0.25, 0.3) is 0 Å². The summed E-state index contributed by atoms with van der Waals surface area (Å²) >= 11 is 0. The minimum absolute atomic E-state index is 0.131. The molecule has 0 fully saturated rings. The van der Waals surface area contributed by atoms with Crippen LogP contribution in [0.3, 0.4) is 0 Å². The highest BCUT2D eigenvalue weighted by Gasteiger charge is 2.19. The van der Waals surface area contributed by atoms with E-state index in [1.165, 1.54) is 0 Å². The van der Waals surface area contributed by atoms with Crippen LogP contribution < -0.4 is 4.65 Å². The predicted molar refractivity (Wildman–Crippen MR) is 65.2 cm³/mol. The summed E-state index contributed by atoms with van der Waals surface area (Å²) in [5.41, 5.74) is 2.04. The molecule has 0 aromatic heterocycles. The highest BCUT2D eigenvalue weighted by molar-refractivity contribution is 6.33. The zero-order valence-corrected chi connectivity index (χ0v) is 10.3. The van der Waals surface area contributed by atoms with E-state index in [9.17, 15) is 0 Å². The summed E-state index contributed by atoms with van der Waals surface area (Å²) < 4.78 is 5.03. The molecule has 1 aromatic carbocycles. The van der Waals surface area contributed by atoms with Crippen LogP contribution in [-0.2, 0) is 6.42 Å².